The predicted octanol–water partition coefficient (Wildman–Crippen LogP) is 2.90. The molecule has 2 unspecified atom stereocenters. The van der Waals surface area contributed by atoms with Crippen LogP contribution in [0, 0.1) is 0 Å². The summed E-state index contributed by atoms with van der Waals surface area (Å²) >= 11 is 0. The van der Waals surface area contributed by atoms with Gasteiger partial charge in [-0.3, -0.25) is 14.2 Å². The molecule has 1 heterocycles. The van der Waals surface area contributed by atoms with Crippen molar-refractivity contribution in [2.45, 2.75) is 31.9 Å². The zero-order valence-corrected chi connectivity index (χ0v) is 14.3. The number of aliphatic hydroxyl groups excluding tert-OH is 1. The molecule has 0 aliphatic rings. The lowest BCUT2D eigenvalue weighted by molar-refractivity contribution is -0.128. The van der Waals surface area contributed by atoms with Gasteiger partial charge in [-0.15, -0.1) is 0 Å². The predicted molar refractivity (Wildman–Crippen MR) is 93.0 cm³/mol. The standard InChI is InChI=1S/C16H19FN2O.C2H3F2NO/c1-11(18)15-7-6-14(10-19-15)12-2-4-13(5-3-12)16(20)8-9-17;3-1(4)2(5)6/h2-7,10-11,16,20H,8-9,18H2,1H3;1H,(H2,5,6). The van der Waals surface area contributed by atoms with E-state index in [1.807, 2.05) is 43.3 Å². The first kappa shape index (κ1) is 21.6. The molecular formula is C18H22F3N3O2. The second kappa shape index (κ2) is 10.5. The third-order valence-corrected chi connectivity index (χ3v) is 3.48. The minimum absolute atomic E-state index is 0.0812. The minimum atomic E-state index is -3.01. The van der Waals surface area contributed by atoms with E-state index in [2.05, 4.69) is 10.7 Å². The van der Waals surface area contributed by atoms with Crippen molar-refractivity contribution in [1.29, 1.82) is 0 Å². The van der Waals surface area contributed by atoms with Crippen LogP contribution in [0.2, 0.25) is 0 Å². The summed E-state index contributed by atoms with van der Waals surface area (Å²) < 4.78 is 33.6. The third kappa shape index (κ3) is 6.81. The highest BCUT2D eigenvalue weighted by atomic mass is 19.3. The van der Waals surface area contributed by atoms with Crippen LogP contribution in [0.25, 0.3) is 11.1 Å². The Kier molecular flexibility index (Phi) is 8.74. The Bertz CT molecular complexity index is 677. The van der Waals surface area contributed by atoms with Gasteiger partial charge in [0.25, 0.3) is 5.91 Å². The van der Waals surface area contributed by atoms with Crippen LogP contribution in [0.4, 0.5) is 13.2 Å². The summed E-state index contributed by atoms with van der Waals surface area (Å²) in [4.78, 5) is 13.5. The second-order valence-corrected chi connectivity index (χ2v) is 5.58. The monoisotopic (exact) mass is 369 g/mol. The molecule has 0 aliphatic heterocycles. The van der Waals surface area contributed by atoms with E-state index in [0.717, 1.165) is 22.4 Å². The van der Waals surface area contributed by atoms with Gasteiger partial charge in [0.2, 0.25) is 0 Å². The number of alkyl halides is 3. The van der Waals surface area contributed by atoms with Gasteiger partial charge in [-0.05, 0) is 24.1 Å². The molecule has 26 heavy (non-hydrogen) atoms. The van der Waals surface area contributed by atoms with Gasteiger partial charge in [-0.25, -0.2) is 0 Å². The zero-order valence-electron chi connectivity index (χ0n) is 14.3. The van der Waals surface area contributed by atoms with Crippen LogP contribution in [0.15, 0.2) is 42.6 Å². The number of nitrogens with zero attached hydrogens (tertiary/aromatic N) is 1. The third-order valence-electron chi connectivity index (χ3n) is 3.48. The Balaban J connectivity index is 0.000000487. The lowest BCUT2D eigenvalue weighted by Crippen LogP contribution is -2.19. The van der Waals surface area contributed by atoms with E-state index >= 15 is 0 Å². The number of aliphatic hydroxyl groups is 1. The average Bonchev–Trinajstić information content (AvgIpc) is 2.62. The lowest BCUT2D eigenvalue weighted by Gasteiger charge is -2.10. The molecule has 0 bridgehead atoms. The van der Waals surface area contributed by atoms with E-state index in [0.29, 0.717) is 0 Å². The summed E-state index contributed by atoms with van der Waals surface area (Å²) in [6, 6.07) is 11.2. The number of carbonyl (C=O) groups is 1. The number of carbonyl (C=O) groups excluding carboxylic acids is 1. The molecule has 8 heteroatoms. The second-order valence-electron chi connectivity index (χ2n) is 5.58. The van der Waals surface area contributed by atoms with Gasteiger partial charge in [-0.2, -0.15) is 8.78 Å². The van der Waals surface area contributed by atoms with Crippen molar-refractivity contribution < 1.29 is 23.1 Å². The molecule has 2 aromatic rings. The molecule has 0 aliphatic carbocycles. The van der Waals surface area contributed by atoms with Crippen molar-refractivity contribution in [3.05, 3.63) is 53.9 Å². The maximum absolute atomic E-state index is 12.2. The van der Waals surface area contributed by atoms with E-state index in [1.54, 1.807) is 6.20 Å². The SMILES string of the molecule is CC(N)c1ccc(-c2ccc(C(O)CCF)cc2)cn1.NC(=O)C(F)F. The molecule has 0 fully saturated rings. The van der Waals surface area contributed by atoms with Crippen LogP contribution < -0.4 is 11.5 Å². The number of halogens is 3. The van der Waals surface area contributed by atoms with E-state index < -0.39 is 25.1 Å². The fourth-order valence-electron chi connectivity index (χ4n) is 2.01. The summed E-state index contributed by atoms with van der Waals surface area (Å²) in [6.07, 6.45) is -1.84. The number of benzene rings is 1. The highest BCUT2D eigenvalue weighted by molar-refractivity contribution is 5.76. The summed E-state index contributed by atoms with van der Waals surface area (Å²) in [5.41, 5.74) is 13.4. The van der Waals surface area contributed by atoms with Crippen LogP contribution in [0.1, 0.15) is 36.7 Å². The highest BCUT2D eigenvalue weighted by Crippen LogP contribution is 2.23. The Labute approximate surface area is 149 Å². The number of pyridine rings is 1. The maximum Gasteiger partial charge on any atom is 0.315 e. The van der Waals surface area contributed by atoms with Crippen molar-refractivity contribution in [1.82, 2.24) is 4.98 Å². The van der Waals surface area contributed by atoms with Gasteiger partial charge < -0.3 is 16.6 Å². The number of rotatable bonds is 6. The molecule has 0 saturated heterocycles. The van der Waals surface area contributed by atoms with E-state index in [9.17, 15) is 23.1 Å². The van der Waals surface area contributed by atoms with Gasteiger partial charge in [-0.1, -0.05) is 30.3 Å². The highest BCUT2D eigenvalue weighted by Gasteiger charge is 2.08. The molecule has 1 aromatic heterocycles. The van der Waals surface area contributed by atoms with Crippen molar-refractivity contribution in [3.8, 4) is 11.1 Å². The van der Waals surface area contributed by atoms with Gasteiger partial charge in [0.15, 0.2) is 0 Å². The Morgan fingerprint density at radius 1 is 1.15 bits per heavy atom. The topological polar surface area (TPSA) is 102 Å². The van der Waals surface area contributed by atoms with E-state index in [-0.39, 0.29) is 12.5 Å². The lowest BCUT2D eigenvalue weighted by atomic mass is 10.0. The number of aromatic nitrogens is 1. The average molecular weight is 369 g/mol. The molecule has 142 valence electrons. The van der Waals surface area contributed by atoms with Crippen LogP contribution >= 0.6 is 0 Å². The van der Waals surface area contributed by atoms with Gasteiger partial charge in [0.1, 0.15) is 0 Å². The van der Waals surface area contributed by atoms with Gasteiger partial charge in [0, 0.05) is 24.2 Å². The number of primary amides is 1. The molecule has 0 spiro atoms. The Hall–Kier alpha value is -2.45. The fraction of sp³-hybridized carbons (Fsp3) is 0.333. The smallest absolute Gasteiger partial charge is 0.315 e. The normalized spacial score (nSPS) is 12.9. The van der Waals surface area contributed by atoms with Crippen LogP contribution in [-0.2, 0) is 4.79 Å². The van der Waals surface area contributed by atoms with Gasteiger partial charge >= 0.3 is 6.43 Å². The minimum Gasteiger partial charge on any atom is -0.388 e. The molecule has 5 nitrogen and oxygen atoms in total. The largest absolute Gasteiger partial charge is 0.388 e. The van der Waals surface area contributed by atoms with Crippen molar-refractivity contribution in [2.75, 3.05) is 6.67 Å². The maximum atomic E-state index is 12.2. The Morgan fingerprint density at radius 2 is 1.69 bits per heavy atom. The van der Waals surface area contributed by atoms with Crippen LogP contribution in [0.3, 0.4) is 0 Å². The first-order chi connectivity index (χ1) is 12.3. The molecule has 5 N–H and O–H groups in total. The van der Waals surface area contributed by atoms with Crippen molar-refractivity contribution in [2.24, 2.45) is 11.5 Å². The zero-order chi connectivity index (χ0) is 19.7. The number of amides is 1. The van der Waals surface area contributed by atoms with Crippen molar-refractivity contribution in [3.63, 3.8) is 0 Å². The quantitative estimate of drug-likeness (QED) is 0.728. The van der Waals surface area contributed by atoms with Crippen LogP contribution in [0.5, 0.6) is 0 Å². The number of nitrogens with two attached hydrogens (primary N) is 2. The van der Waals surface area contributed by atoms with Crippen molar-refractivity contribution >= 4 is 5.91 Å². The number of hydrogen-bond donors (Lipinski definition) is 3. The molecular weight excluding hydrogens is 347 g/mol. The molecule has 2 atom stereocenters. The summed E-state index contributed by atoms with van der Waals surface area (Å²) in [5.74, 6) is -1.57. The molecule has 1 amide bonds. The Morgan fingerprint density at radius 3 is 2.08 bits per heavy atom. The number of hydrogen-bond acceptors (Lipinski definition) is 4. The fourth-order valence-corrected chi connectivity index (χ4v) is 2.01. The molecule has 0 radical (unpaired) electrons. The summed E-state index contributed by atoms with van der Waals surface area (Å²) in [7, 11) is 0. The molecule has 1 aromatic carbocycles. The van der Waals surface area contributed by atoms with Gasteiger partial charge in [0.05, 0.1) is 18.5 Å². The first-order valence-corrected chi connectivity index (χ1v) is 7.89. The van der Waals surface area contributed by atoms with E-state index in [4.69, 9.17) is 5.73 Å². The molecule has 0 saturated carbocycles. The summed E-state index contributed by atoms with van der Waals surface area (Å²) in [6.45, 7) is 1.37. The summed E-state index contributed by atoms with van der Waals surface area (Å²) in [5, 5.41) is 9.71. The molecule has 2 rings (SSSR count). The van der Waals surface area contributed by atoms with Crippen LogP contribution in [-0.4, -0.2) is 29.1 Å². The first-order valence-electron chi connectivity index (χ1n) is 7.89. The van der Waals surface area contributed by atoms with E-state index in [1.165, 1.54) is 0 Å².